The number of hydrogen-bond donors (Lipinski definition) is 4. The summed E-state index contributed by atoms with van der Waals surface area (Å²) < 4.78 is 9.96. The van der Waals surface area contributed by atoms with Gasteiger partial charge in [-0.25, -0.2) is 19.6 Å². The standard InChI is InChI=1S/C30H42N6O7/c1-21(31-25(37)20-36(18-24-15-11-8-12-16-24)34-29(41)43-30(3,4)5)27(39)33-35(17-23-13-9-7-10-14-23)19-26(38)32-22(2)28(40)42-6/h7-16,21-22H,17-20H2,1-6H3,(H,31,37)(H,32,38)(H,33,39)(H,34,41)/t21-,22-/m0/s1. The number of nitrogens with one attached hydrogen (secondary N) is 4. The third kappa shape index (κ3) is 13.8. The van der Waals surface area contributed by atoms with Gasteiger partial charge in [-0.3, -0.25) is 25.2 Å². The van der Waals surface area contributed by atoms with Crippen molar-refractivity contribution in [3.63, 3.8) is 0 Å². The lowest BCUT2D eigenvalue weighted by atomic mass is 10.2. The van der Waals surface area contributed by atoms with Crippen LogP contribution >= 0.6 is 0 Å². The lowest BCUT2D eigenvalue weighted by molar-refractivity contribution is -0.145. The van der Waals surface area contributed by atoms with Crippen LogP contribution in [0.5, 0.6) is 0 Å². The summed E-state index contributed by atoms with van der Waals surface area (Å²) in [5.74, 6) is -2.23. The van der Waals surface area contributed by atoms with Crippen LogP contribution in [0.3, 0.4) is 0 Å². The molecule has 13 nitrogen and oxygen atoms in total. The number of benzene rings is 2. The van der Waals surface area contributed by atoms with Crippen LogP contribution < -0.4 is 21.5 Å². The Morgan fingerprint density at radius 2 is 1.16 bits per heavy atom. The van der Waals surface area contributed by atoms with Gasteiger partial charge in [0.05, 0.1) is 20.2 Å². The number of esters is 1. The van der Waals surface area contributed by atoms with E-state index in [1.165, 1.54) is 31.0 Å². The molecule has 4 N–H and O–H groups in total. The Bertz CT molecular complexity index is 1220. The van der Waals surface area contributed by atoms with E-state index in [0.29, 0.717) is 0 Å². The van der Waals surface area contributed by atoms with Crippen molar-refractivity contribution in [2.24, 2.45) is 0 Å². The van der Waals surface area contributed by atoms with Gasteiger partial charge in [-0.1, -0.05) is 60.7 Å². The average molecular weight is 599 g/mol. The van der Waals surface area contributed by atoms with Gasteiger partial charge in [0, 0.05) is 13.1 Å². The molecule has 2 aromatic carbocycles. The molecule has 0 saturated carbocycles. The Morgan fingerprint density at radius 3 is 1.60 bits per heavy atom. The predicted molar refractivity (Wildman–Crippen MR) is 158 cm³/mol. The van der Waals surface area contributed by atoms with Crippen LogP contribution in [0.25, 0.3) is 0 Å². The molecule has 234 valence electrons. The summed E-state index contributed by atoms with van der Waals surface area (Å²) in [4.78, 5) is 62.8. The van der Waals surface area contributed by atoms with Crippen LogP contribution in [0, 0.1) is 0 Å². The maximum absolute atomic E-state index is 13.1. The highest BCUT2D eigenvalue weighted by Crippen LogP contribution is 2.08. The lowest BCUT2D eigenvalue weighted by Crippen LogP contribution is -2.55. The minimum absolute atomic E-state index is 0.179. The van der Waals surface area contributed by atoms with E-state index in [-0.39, 0.29) is 26.2 Å². The van der Waals surface area contributed by atoms with Gasteiger partial charge in [0.1, 0.15) is 17.7 Å². The van der Waals surface area contributed by atoms with E-state index in [1.807, 2.05) is 60.7 Å². The van der Waals surface area contributed by atoms with Crippen LogP contribution in [0.15, 0.2) is 60.7 Å². The van der Waals surface area contributed by atoms with E-state index >= 15 is 0 Å². The maximum atomic E-state index is 13.1. The Balaban J connectivity index is 2.05. The van der Waals surface area contributed by atoms with Gasteiger partial charge in [-0.15, -0.1) is 0 Å². The highest BCUT2D eigenvalue weighted by Gasteiger charge is 2.24. The molecule has 43 heavy (non-hydrogen) atoms. The molecule has 0 aromatic heterocycles. The number of methoxy groups -OCH3 is 1. The van der Waals surface area contributed by atoms with Crippen LogP contribution in [-0.2, 0) is 41.7 Å². The van der Waals surface area contributed by atoms with E-state index in [2.05, 4.69) is 26.2 Å². The Kier molecular flexibility index (Phi) is 13.6. The third-order valence-electron chi connectivity index (χ3n) is 5.72. The number of rotatable bonds is 14. The van der Waals surface area contributed by atoms with Crippen LogP contribution in [0.1, 0.15) is 45.7 Å². The number of hydrogen-bond acceptors (Lipinski definition) is 9. The maximum Gasteiger partial charge on any atom is 0.422 e. The molecular formula is C30H42N6O7. The molecule has 0 fully saturated rings. The molecule has 0 aliphatic carbocycles. The first kappa shape index (κ1) is 34.7. The highest BCUT2D eigenvalue weighted by atomic mass is 16.6. The molecule has 0 spiro atoms. The summed E-state index contributed by atoms with van der Waals surface area (Å²) in [6.45, 7) is 8.01. The zero-order valence-corrected chi connectivity index (χ0v) is 25.5. The molecular weight excluding hydrogens is 556 g/mol. The van der Waals surface area contributed by atoms with Gasteiger partial charge in [0.2, 0.25) is 11.8 Å². The van der Waals surface area contributed by atoms with Crippen molar-refractivity contribution in [1.29, 1.82) is 0 Å². The molecule has 4 amide bonds. The number of hydrazine groups is 2. The van der Waals surface area contributed by atoms with E-state index < -0.39 is 47.5 Å². The third-order valence-corrected chi connectivity index (χ3v) is 5.72. The van der Waals surface area contributed by atoms with E-state index in [9.17, 15) is 24.0 Å². The fraction of sp³-hybridized carbons (Fsp3) is 0.433. The predicted octanol–water partition coefficient (Wildman–Crippen LogP) is 1.64. The van der Waals surface area contributed by atoms with E-state index in [4.69, 9.17) is 4.74 Å². The van der Waals surface area contributed by atoms with Crippen LogP contribution in [-0.4, -0.2) is 77.7 Å². The van der Waals surface area contributed by atoms with Gasteiger partial charge < -0.3 is 20.1 Å². The monoisotopic (exact) mass is 598 g/mol. The molecule has 0 unspecified atom stereocenters. The molecule has 0 saturated heterocycles. The summed E-state index contributed by atoms with van der Waals surface area (Å²) in [6.07, 6.45) is -0.724. The zero-order chi connectivity index (χ0) is 32.0. The van der Waals surface area contributed by atoms with Gasteiger partial charge in [0.15, 0.2) is 0 Å². The molecule has 2 aromatic rings. The van der Waals surface area contributed by atoms with Crippen molar-refractivity contribution in [1.82, 2.24) is 31.5 Å². The Morgan fingerprint density at radius 1 is 0.721 bits per heavy atom. The second-order valence-electron chi connectivity index (χ2n) is 10.9. The zero-order valence-electron chi connectivity index (χ0n) is 25.5. The molecule has 2 atom stereocenters. The minimum atomic E-state index is -0.997. The number of ether oxygens (including phenoxy) is 2. The number of amides is 4. The normalized spacial score (nSPS) is 12.6. The van der Waals surface area contributed by atoms with Gasteiger partial charge in [-0.2, -0.15) is 0 Å². The van der Waals surface area contributed by atoms with Crippen molar-refractivity contribution >= 4 is 29.8 Å². The minimum Gasteiger partial charge on any atom is -0.467 e. The van der Waals surface area contributed by atoms with Gasteiger partial charge in [-0.05, 0) is 45.7 Å². The second kappa shape index (κ2) is 16.8. The van der Waals surface area contributed by atoms with Crippen molar-refractivity contribution in [3.05, 3.63) is 71.8 Å². The second-order valence-corrected chi connectivity index (χ2v) is 10.9. The van der Waals surface area contributed by atoms with Crippen molar-refractivity contribution < 1.29 is 33.4 Å². The molecule has 0 aliphatic rings. The fourth-order valence-corrected chi connectivity index (χ4v) is 3.78. The van der Waals surface area contributed by atoms with Gasteiger partial charge in [0.25, 0.3) is 5.91 Å². The largest absolute Gasteiger partial charge is 0.467 e. The van der Waals surface area contributed by atoms with E-state index in [1.54, 1.807) is 20.8 Å². The summed E-state index contributed by atoms with van der Waals surface area (Å²) in [5.41, 5.74) is 6.18. The van der Waals surface area contributed by atoms with Crippen molar-refractivity contribution in [2.75, 3.05) is 20.2 Å². The van der Waals surface area contributed by atoms with Crippen molar-refractivity contribution in [2.45, 2.75) is 65.4 Å². The quantitative estimate of drug-likeness (QED) is 0.187. The van der Waals surface area contributed by atoms with Crippen LogP contribution in [0.4, 0.5) is 4.79 Å². The molecule has 0 aliphatic heterocycles. The number of carbonyl (C=O) groups excluding carboxylic acids is 5. The smallest absolute Gasteiger partial charge is 0.422 e. The Labute approximate surface area is 252 Å². The topological polar surface area (TPSA) is 158 Å². The summed E-state index contributed by atoms with van der Waals surface area (Å²) >= 11 is 0. The Hall–Kier alpha value is -4.49. The van der Waals surface area contributed by atoms with E-state index in [0.717, 1.165) is 11.1 Å². The lowest BCUT2D eigenvalue weighted by Gasteiger charge is -2.27. The number of carbonyl (C=O) groups is 5. The summed E-state index contributed by atoms with van der Waals surface area (Å²) in [7, 11) is 1.22. The first-order valence-corrected chi connectivity index (χ1v) is 13.8. The molecule has 2 rings (SSSR count). The molecule has 0 radical (unpaired) electrons. The van der Waals surface area contributed by atoms with Crippen molar-refractivity contribution in [3.8, 4) is 0 Å². The molecule has 0 bridgehead atoms. The fourth-order valence-electron chi connectivity index (χ4n) is 3.78. The summed E-state index contributed by atoms with van der Waals surface area (Å²) in [6, 6.07) is 16.5. The average Bonchev–Trinajstić information content (AvgIpc) is 2.92. The molecule has 13 heteroatoms. The first-order valence-electron chi connectivity index (χ1n) is 13.8. The highest BCUT2D eigenvalue weighted by molar-refractivity contribution is 5.88. The molecule has 0 heterocycles. The first-order chi connectivity index (χ1) is 20.3. The number of nitrogens with zero attached hydrogens (tertiary/aromatic N) is 2. The van der Waals surface area contributed by atoms with Gasteiger partial charge >= 0.3 is 12.1 Å². The summed E-state index contributed by atoms with van der Waals surface area (Å²) in [5, 5.41) is 7.91. The van der Waals surface area contributed by atoms with Crippen LogP contribution in [0.2, 0.25) is 0 Å². The SMILES string of the molecule is COC(=O)[C@H](C)NC(=O)CN(Cc1ccccc1)NC(=O)[C@H](C)NC(=O)CN(Cc1ccccc1)NC(=O)OC(C)(C)C.